The van der Waals surface area contributed by atoms with Gasteiger partial charge in [-0.25, -0.2) is 0 Å². The van der Waals surface area contributed by atoms with E-state index in [1.165, 1.54) is 0 Å². The second-order valence-corrected chi connectivity index (χ2v) is 5.46. The maximum absolute atomic E-state index is 11.4. The summed E-state index contributed by atoms with van der Waals surface area (Å²) < 4.78 is 0. The van der Waals surface area contributed by atoms with Crippen LogP contribution in [0.25, 0.3) is 0 Å². The Labute approximate surface area is 111 Å². The van der Waals surface area contributed by atoms with Crippen LogP contribution in [-0.4, -0.2) is 24.1 Å². The molecule has 0 aromatic heterocycles. The Kier molecular flexibility index (Phi) is 3.50. The molecule has 5 heteroatoms. The summed E-state index contributed by atoms with van der Waals surface area (Å²) >= 11 is 5.91. The van der Waals surface area contributed by atoms with Crippen molar-refractivity contribution in [1.82, 2.24) is 0 Å². The number of hydrogen-bond acceptors (Lipinski definition) is 3. The lowest BCUT2D eigenvalue weighted by Gasteiger charge is -2.24. The molecule has 1 unspecified atom stereocenters. The number of benzene rings is 1. The number of anilines is 1. The van der Waals surface area contributed by atoms with Gasteiger partial charge in [-0.2, -0.15) is 0 Å². The molecule has 0 radical (unpaired) electrons. The van der Waals surface area contributed by atoms with Gasteiger partial charge in [-0.05, 0) is 31.5 Å². The van der Waals surface area contributed by atoms with Crippen molar-refractivity contribution in [2.45, 2.75) is 20.0 Å². The fourth-order valence-electron chi connectivity index (χ4n) is 2.36. The molecule has 1 aromatic carbocycles. The molecular formula is C13H17ClN2O2. The average molecular weight is 269 g/mol. The van der Waals surface area contributed by atoms with Crippen LogP contribution in [-0.2, 0) is 11.4 Å². The highest BCUT2D eigenvalue weighted by atomic mass is 35.5. The van der Waals surface area contributed by atoms with Crippen LogP contribution in [0, 0.1) is 5.41 Å². The first-order chi connectivity index (χ1) is 8.46. The van der Waals surface area contributed by atoms with E-state index in [4.69, 9.17) is 17.3 Å². The number of amides is 1. The second-order valence-electron chi connectivity index (χ2n) is 5.03. The summed E-state index contributed by atoms with van der Waals surface area (Å²) in [6, 6.07) is 5.41. The SMILES string of the molecule is CC1(C(N)=O)CCN(c2ccc(Cl)cc2CO)C1. The van der Waals surface area contributed by atoms with Crippen molar-refractivity contribution in [3.63, 3.8) is 0 Å². The largest absolute Gasteiger partial charge is 0.392 e. The predicted molar refractivity (Wildman–Crippen MR) is 71.5 cm³/mol. The van der Waals surface area contributed by atoms with Crippen molar-refractivity contribution in [1.29, 1.82) is 0 Å². The highest BCUT2D eigenvalue weighted by Gasteiger charge is 2.39. The van der Waals surface area contributed by atoms with E-state index in [9.17, 15) is 9.90 Å². The molecule has 18 heavy (non-hydrogen) atoms. The smallest absolute Gasteiger partial charge is 0.225 e. The molecule has 1 aromatic rings. The van der Waals surface area contributed by atoms with Gasteiger partial charge in [-0.15, -0.1) is 0 Å². The van der Waals surface area contributed by atoms with E-state index in [1.807, 2.05) is 13.0 Å². The van der Waals surface area contributed by atoms with Crippen LogP contribution in [0.5, 0.6) is 0 Å². The first-order valence-electron chi connectivity index (χ1n) is 5.90. The number of halogens is 1. The Morgan fingerprint density at radius 2 is 2.33 bits per heavy atom. The first kappa shape index (κ1) is 13.2. The summed E-state index contributed by atoms with van der Waals surface area (Å²) in [5.74, 6) is -0.274. The number of carbonyl (C=O) groups excluding carboxylic acids is 1. The lowest BCUT2D eigenvalue weighted by Crippen LogP contribution is -2.37. The molecule has 0 spiro atoms. The van der Waals surface area contributed by atoms with E-state index >= 15 is 0 Å². The maximum Gasteiger partial charge on any atom is 0.225 e. The summed E-state index contributed by atoms with van der Waals surface area (Å²) in [5.41, 5.74) is 6.63. The lowest BCUT2D eigenvalue weighted by atomic mass is 9.89. The van der Waals surface area contributed by atoms with Crippen LogP contribution in [0.1, 0.15) is 18.9 Å². The van der Waals surface area contributed by atoms with Gasteiger partial charge < -0.3 is 15.7 Å². The van der Waals surface area contributed by atoms with Crippen LogP contribution < -0.4 is 10.6 Å². The molecule has 3 N–H and O–H groups in total. The highest BCUT2D eigenvalue weighted by molar-refractivity contribution is 6.30. The Morgan fingerprint density at radius 3 is 2.89 bits per heavy atom. The summed E-state index contributed by atoms with van der Waals surface area (Å²) in [5, 5.41) is 9.96. The van der Waals surface area contributed by atoms with Gasteiger partial charge in [0, 0.05) is 29.4 Å². The Bertz CT molecular complexity index is 478. The topological polar surface area (TPSA) is 66.6 Å². The van der Waals surface area contributed by atoms with E-state index in [2.05, 4.69) is 4.90 Å². The minimum atomic E-state index is -0.494. The molecule has 1 heterocycles. The monoisotopic (exact) mass is 268 g/mol. The van der Waals surface area contributed by atoms with Gasteiger partial charge in [-0.1, -0.05) is 11.6 Å². The van der Waals surface area contributed by atoms with Gasteiger partial charge >= 0.3 is 0 Å². The van der Waals surface area contributed by atoms with Gasteiger partial charge in [0.2, 0.25) is 5.91 Å². The van der Waals surface area contributed by atoms with Gasteiger partial charge in [0.05, 0.1) is 12.0 Å². The molecule has 1 amide bonds. The number of hydrogen-bond donors (Lipinski definition) is 2. The molecule has 1 aliphatic rings. The van der Waals surface area contributed by atoms with Gasteiger partial charge in [0.15, 0.2) is 0 Å². The molecule has 0 saturated carbocycles. The fourth-order valence-corrected chi connectivity index (χ4v) is 2.55. The van der Waals surface area contributed by atoms with E-state index < -0.39 is 5.41 Å². The van der Waals surface area contributed by atoms with Crippen molar-refractivity contribution in [3.05, 3.63) is 28.8 Å². The van der Waals surface area contributed by atoms with E-state index in [-0.39, 0.29) is 12.5 Å². The predicted octanol–water partition coefficient (Wildman–Crippen LogP) is 1.53. The Morgan fingerprint density at radius 1 is 1.61 bits per heavy atom. The number of carbonyl (C=O) groups is 1. The van der Waals surface area contributed by atoms with Crippen molar-refractivity contribution in [2.75, 3.05) is 18.0 Å². The van der Waals surface area contributed by atoms with E-state index in [0.29, 0.717) is 11.6 Å². The summed E-state index contributed by atoms with van der Waals surface area (Å²) in [6.45, 7) is 3.15. The number of aliphatic hydroxyl groups is 1. The summed E-state index contributed by atoms with van der Waals surface area (Å²) in [7, 11) is 0. The van der Waals surface area contributed by atoms with Crippen LogP contribution in [0.2, 0.25) is 5.02 Å². The molecule has 0 aliphatic carbocycles. The Hall–Kier alpha value is -1.26. The molecule has 1 atom stereocenters. The highest BCUT2D eigenvalue weighted by Crippen LogP contribution is 2.35. The molecular weight excluding hydrogens is 252 g/mol. The zero-order valence-corrected chi connectivity index (χ0v) is 11.1. The van der Waals surface area contributed by atoms with E-state index in [1.54, 1.807) is 12.1 Å². The Balaban J connectivity index is 2.27. The molecule has 1 aliphatic heterocycles. The third kappa shape index (κ3) is 2.31. The zero-order valence-electron chi connectivity index (χ0n) is 10.3. The van der Waals surface area contributed by atoms with Crippen LogP contribution in [0.15, 0.2) is 18.2 Å². The lowest BCUT2D eigenvalue weighted by molar-refractivity contribution is -0.125. The van der Waals surface area contributed by atoms with Gasteiger partial charge in [0.25, 0.3) is 0 Å². The average Bonchev–Trinajstić information content (AvgIpc) is 2.73. The minimum Gasteiger partial charge on any atom is -0.392 e. The van der Waals surface area contributed by atoms with Crippen molar-refractivity contribution in [2.24, 2.45) is 11.1 Å². The third-order valence-corrected chi connectivity index (χ3v) is 3.86. The normalized spacial score (nSPS) is 23.4. The van der Waals surface area contributed by atoms with E-state index in [0.717, 1.165) is 24.2 Å². The van der Waals surface area contributed by atoms with Crippen molar-refractivity contribution < 1.29 is 9.90 Å². The molecule has 98 valence electrons. The van der Waals surface area contributed by atoms with Crippen LogP contribution >= 0.6 is 11.6 Å². The first-order valence-corrected chi connectivity index (χ1v) is 6.28. The zero-order chi connectivity index (χ0) is 13.3. The third-order valence-electron chi connectivity index (χ3n) is 3.62. The minimum absolute atomic E-state index is 0.0698. The number of primary amides is 1. The van der Waals surface area contributed by atoms with Crippen molar-refractivity contribution >= 4 is 23.2 Å². The number of rotatable bonds is 3. The van der Waals surface area contributed by atoms with Crippen LogP contribution in [0.3, 0.4) is 0 Å². The number of nitrogens with zero attached hydrogens (tertiary/aromatic N) is 1. The standard InChI is InChI=1S/C13H17ClN2O2/c1-13(12(15)18)4-5-16(8-13)11-3-2-10(14)6-9(11)7-17/h2-3,6,17H,4-5,7-8H2,1H3,(H2,15,18). The quantitative estimate of drug-likeness (QED) is 0.874. The second kappa shape index (κ2) is 4.78. The number of aliphatic hydroxyl groups excluding tert-OH is 1. The van der Waals surface area contributed by atoms with Crippen LogP contribution in [0.4, 0.5) is 5.69 Å². The molecule has 0 bridgehead atoms. The van der Waals surface area contributed by atoms with Gasteiger partial charge in [0.1, 0.15) is 0 Å². The summed E-state index contributed by atoms with van der Waals surface area (Å²) in [6.07, 6.45) is 0.732. The van der Waals surface area contributed by atoms with Crippen molar-refractivity contribution in [3.8, 4) is 0 Å². The fraction of sp³-hybridized carbons (Fsp3) is 0.462. The molecule has 2 rings (SSSR count). The maximum atomic E-state index is 11.4. The molecule has 1 saturated heterocycles. The summed E-state index contributed by atoms with van der Waals surface area (Å²) in [4.78, 5) is 13.5. The number of nitrogens with two attached hydrogens (primary N) is 1. The van der Waals surface area contributed by atoms with Gasteiger partial charge in [-0.3, -0.25) is 4.79 Å². The molecule has 1 fully saturated rings. The molecule has 4 nitrogen and oxygen atoms in total.